The van der Waals surface area contributed by atoms with Gasteiger partial charge in [-0.3, -0.25) is 4.79 Å². The Kier molecular flexibility index (Phi) is 5.79. The van der Waals surface area contributed by atoms with Crippen LogP contribution in [-0.4, -0.2) is 24.9 Å². The van der Waals surface area contributed by atoms with Gasteiger partial charge in [0.2, 0.25) is 0 Å². The van der Waals surface area contributed by atoms with Crippen molar-refractivity contribution < 1.29 is 9.53 Å². The van der Waals surface area contributed by atoms with Gasteiger partial charge in [0.25, 0.3) is 0 Å². The normalized spacial score (nSPS) is 10.0. The van der Waals surface area contributed by atoms with Gasteiger partial charge in [0.15, 0.2) is 6.29 Å². The van der Waals surface area contributed by atoms with E-state index in [9.17, 15) is 4.79 Å². The predicted octanol–water partition coefficient (Wildman–Crippen LogP) is 3.39. The number of rotatable bonds is 6. The van der Waals surface area contributed by atoms with Crippen molar-refractivity contribution in [1.82, 2.24) is 0 Å². The van der Waals surface area contributed by atoms with E-state index < -0.39 is 0 Å². The fourth-order valence-electron chi connectivity index (χ4n) is 1.13. The van der Waals surface area contributed by atoms with E-state index in [1.54, 1.807) is 17.8 Å². The molecule has 0 bridgehead atoms. The minimum absolute atomic E-state index is 0.591. The largest absolute Gasteiger partial charge is 0.493 e. The first-order chi connectivity index (χ1) is 7.27. The summed E-state index contributed by atoms with van der Waals surface area (Å²) in [4.78, 5) is 10.8. The lowest BCUT2D eigenvalue weighted by Gasteiger charge is -2.07. The lowest BCUT2D eigenvalue weighted by Crippen LogP contribution is -2.00. The summed E-state index contributed by atoms with van der Waals surface area (Å²) in [6.45, 7) is 0.656. The molecular weight excluding hydrogens is 276 g/mol. The smallest absolute Gasteiger partial charge is 0.153 e. The van der Waals surface area contributed by atoms with E-state index in [1.165, 1.54) is 0 Å². The Hall–Kier alpha value is -0.480. The van der Waals surface area contributed by atoms with Crippen LogP contribution in [0.4, 0.5) is 0 Å². The number of aldehydes is 1. The molecule has 0 spiro atoms. The van der Waals surface area contributed by atoms with Crippen LogP contribution in [0, 0.1) is 0 Å². The quantitative estimate of drug-likeness (QED) is 0.593. The third-order valence-electron chi connectivity index (χ3n) is 1.85. The third kappa shape index (κ3) is 4.26. The molecule has 15 heavy (non-hydrogen) atoms. The zero-order valence-electron chi connectivity index (χ0n) is 8.53. The number of hydrogen-bond acceptors (Lipinski definition) is 3. The Bertz CT molecular complexity index is 328. The highest BCUT2D eigenvalue weighted by molar-refractivity contribution is 9.10. The van der Waals surface area contributed by atoms with Gasteiger partial charge in [-0.05, 0) is 36.6 Å². The second-order valence-electron chi connectivity index (χ2n) is 2.99. The molecule has 1 aromatic rings. The van der Waals surface area contributed by atoms with Crippen molar-refractivity contribution in [2.45, 2.75) is 6.42 Å². The molecule has 2 nitrogen and oxygen atoms in total. The lowest BCUT2D eigenvalue weighted by atomic mass is 10.2. The molecule has 0 aliphatic heterocycles. The van der Waals surface area contributed by atoms with Gasteiger partial charge in [-0.2, -0.15) is 11.8 Å². The van der Waals surface area contributed by atoms with Gasteiger partial charge in [-0.25, -0.2) is 0 Å². The molecule has 0 amide bonds. The Balaban J connectivity index is 2.56. The summed E-state index contributed by atoms with van der Waals surface area (Å²) in [6.07, 6.45) is 3.88. The van der Waals surface area contributed by atoms with Crippen molar-refractivity contribution in [1.29, 1.82) is 0 Å². The number of carbonyl (C=O) groups is 1. The topological polar surface area (TPSA) is 26.3 Å². The molecular formula is C11H13BrO2S. The number of benzene rings is 1. The van der Waals surface area contributed by atoms with E-state index >= 15 is 0 Å². The Morgan fingerprint density at radius 2 is 2.33 bits per heavy atom. The molecule has 1 aromatic carbocycles. The highest BCUT2D eigenvalue weighted by Gasteiger charge is 2.02. The van der Waals surface area contributed by atoms with Gasteiger partial charge in [0, 0.05) is 4.47 Å². The fourth-order valence-corrected chi connectivity index (χ4v) is 1.91. The van der Waals surface area contributed by atoms with Crippen LogP contribution in [0.3, 0.4) is 0 Å². The standard InChI is InChI=1S/C11H13BrO2S/c1-15-6-2-5-14-11-4-3-10(12)7-9(11)8-13/h3-4,7-8H,2,5-6H2,1H3. The van der Waals surface area contributed by atoms with Crippen molar-refractivity contribution in [2.24, 2.45) is 0 Å². The van der Waals surface area contributed by atoms with Gasteiger partial charge in [0.1, 0.15) is 5.75 Å². The van der Waals surface area contributed by atoms with E-state index in [0.29, 0.717) is 17.9 Å². The number of carbonyl (C=O) groups excluding carboxylic acids is 1. The molecule has 0 heterocycles. The van der Waals surface area contributed by atoms with Crippen molar-refractivity contribution in [3.8, 4) is 5.75 Å². The minimum Gasteiger partial charge on any atom is -0.493 e. The minimum atomic E-state index is 0.591. The molecule has 0 saturated carbocycles. The first kappa shape index (κ1) is 12.6. The molecule has 0 saturated heterocycles. The maximum absolute atomic E-state index is 10.8. The zero-order valence-corrected chi connectivity index (χ0v) is 10.9. The van der Waals surface area contributed by atoms with Crippen LogP contribution < -0.4 is 4.74 Å². The maximum atomic E-state index is 10.8. The second-order valence-corrected chi connectivity index (χ2v) is 4.90. The van der Waals surface area contributed by atoms with Gasteiger partial charge in [-0.15, -0.1) is 0 Å². The summed E-state index contributed by atoms with van der Waals surface area (Å²) in [7, 11) is 0. The third-order valence-corrected chi connectivity index (χ3v) is 3.04. The van der Waals surface area contributed by atoms with Crippen LogP contribution in [0.2, 0.25) is 0 Å². The number of halogens is 1. The van der Waals surface area contributed by atoms with Crippen molar-refractivity contribution in [3.05, 3.63) is 28.2 Å². The fraction of sp³-hybridized carbons (Fsp3) is 0.364. The van der Waals surface area contributed by atoms with E-state index in [4.69, 9.17) is 4.74 Å². The first-order valence-corrected chi connectivity index (χ1v) is 6.83. The van der Waals surface area contributed by atoms with Crippen molar-refractivity contribution in [3.63, 3.8) is 0 Å². The van der Waals surface area contributed by atoms with Gasteiger partial charge < -0.3 is 4.74 Å². The SMILES string of the molecule is CSCCCOc1ccc(Br)cc1C=O. The highest BCUT2D eigenvalue weighted by atomic mass is 79.9. The molecule has 0 aromatic heterocycles. The van der Waals surface area contributed by atoms with E-state index in [0.717, 1.165) is 22.9 Å². The molecule has 0 aliphatic rings. The Morgan fingerprint density at radius 1 is 1.53 bits per heavy atom. The van der Waals surface area contributed by atoms with E-state index in [-0.39, 0.29) is 0 Å². The summed E-state index contributed by atoms with van der Waals surface area (Å²) in [5, 5.41) is 0. The predicted molar refractivity (Wildman–Crippen MR) is 68.0 cm³/mol. The lowest BCUT2D eigenvalue weighted by molar-refractivity contribution is 0.111. The molecule has 0 atom stereocenters. The summed E-state index contributed by atoms with van der Waals surface area (Å²) in [6, 6.07) is 5.45. The van der Waals surface area contributed by atoms with E-state index in [2.05, 4.69) is 22.2 Å². The number of ether oxygens (including phenoxy) is 1. The summed E-state index contributed by atoms with van der Waals surface area (Å²) >= 11 is 5.10. The molecule has 0 unspecified atom stereocenters. The van der Waals surface area contributed by atoms with Gasteiger partial charge in [0.05, 0.1) is 12.2 Å². The molecule has 0 fully saturated rings. The molecule has 4 heteroatoms. The summed E-state index contributed by atoms with van der Waals surface area (Å²) < 4.78 is 6.41. The number of hydrogen-bond donors (Lipinski definition) is 0. The summed E-state index contributed by atoms with van der Waals surface area (Å²) in [5.41, 5.74) is 0.591. The molecule has 0 radical (unpaired) electrons. The molecule has 1 rings (SSSR count). The number of thioether (sulfide) groups is 1. The van der Waals surface area contributed by atoms with Crippen LogP contribution >= 0.6 is 27.7 Å². The second kappa shape index (κ2) is 6.90. The Labute approximate surface area is 103 Å². The zero-order chi connectivity index (χ0) is 11.1. The first-order valence-electron chi connectivity index (χ1n) is 4.64. The van der Waals surface area contributed by atoms with Crippen LogP contribution in [0.5, 0.6) is 5.75 Å². The van der Waals surface area contributed by atoms with Crippen LogP contribution in [-0.2, 0) is 0 Å². The maximum Gasteiger partial charge on any atom is 0.153 e. The average Bonchev–Trinajstić information content (AvgIpc) is 2.26. The Morgan fingerprint density at radius 3 is 3.00 bits per heavy atom. The summed E-state index contributed by atoms with van der Waals surface area (Å²) in [5.74, 6) is 1.74. The van der Waals surface area contributed by atoms with Crippen LogP contribution in [0.15, 0.2) is 22.7 Å². The monoisotopic (exact) mass is 288 g/mol. The average molecular weight is 289 g/mol. The molecule has 82 valence electrons. The van der Waals surface area contributed by atoms with Crippen molar-refractivity contribution >= 4 is 34.0 Å². The van der Waals surface area contributed by atoms with E-state index in [1.807, 2.05) is 12.1 Å². The molecule has 0 aliphatic carbocycles. The van der Waals surface area contributed by atoms with Gasteiger partial charge in [-0.1, -0.05) is 15.9 Å². The highest BCUT2D eigenvalue weighted by Crippen LogP contribution is 2.21. The van der Waals surface area contributed by atoms with Crippen molar-refractivity contribution in [2.75, 3.05) is 18.6 Å². The van der Waals surface area contributed by atoms with Crippen LogP contribution in [0.25, 0.3) is 0 Å². The van der Waals surface area contributed by atoms with Gasteiger partial charge >= 0.3 is 0 Å². The molecule has 0 N–H and O–H groups in total. The van der Waals surface area contributed by atoms with Crippen LogP contribution in [0.1, 0.15) is 16.8 Å².